The number of hydrogen-bond donors (Lipinski definition) is 4. The lowest BCUT2D eigenvalue weighted by atomic mass is 10.1. The van der Waals surface area contributed by atoms with Gasteiger partial charge in [-0.05, 0) is 25.0 Å². The highest BCUT2D eigenvalue weighted by atomic mass is 16.5. The monoisotopic (exact) mass is 562 g/mol. The topological polar surface area (TPSA) is 129 Å². The van der Waals surface area contributed by atoms with Gasteiger partial charge >= 0.3 is 0 Å². The summed E-state index contributed by atoms with van der Waals surface area (Å²) in [5.41, 5.74) is 4.81. The fourth-order valence-electron chi connectivity index (χ4n) is 4.85. The third-order valence-electron chi connectivity index (χ3n) is 7.34. The van der Waals surface area contributed by atoms with Crippen molar-refractivity contribution in [1.29, 1.82) is 0 Å². The molecule has 0 fully saturated rings. The van der Waals surface area contributed by atoms with E-state index in [9.17, 15) is 9.59 Å². The van der Waals surface area contributed by atoms with E-state index < -0.39 is 11.8 Å². The molecule has 0 radical (unpaired) electrons. The Morgan fingerprint density at radius 2 is 0.800 bits per heavy atom. The van der Waals surface area contributed by atoms with E-state index in [-0.39, 0.29) is 11.1 Å². The van der Waals surface area contributed by atoms with Crippen molar-refractivity contribution in [1.82, 2.24) is 10.9 Å². The van der Waals surface area contributed by atoms with Crippen LogP contribution in [0.3, 0.4) is 0 Å². The molecule has 0 aromatic heterocycles. The highest BCUT2D eigenvalue weighted by Crippen LogP contribution is 2.30. The minimum absolute atomic E-state index is 0.237. The average molecular weight is 563 g/mol. The summed E-state index contributed by atoms with van der Waals surface area (Å²) in [5, 5.41) is 0. The molecule has 0 unspecified atom stereocenters. The van der Waals surface area contributed by atoms with Crippen LogP contribution in [0.25, 0.3) is 0 Å². The van der Waals surface area contributed by atoms with Gasteiger partial charge in [0.15, 0.2) is 0 Å². The van der Waals surface area contributed by atoms with E-state index in [1.54, 1.807) is 0 Å². The molecule has 6 N–H and O–H groups in total. The van der Waals surface area contributed by atoms with E-state index in [1.807, 2.05) is 0 Å². The van der Waals surface area contributed by atoms with Gasteiger partial charge in [0.1, 0.15) is 11.5 Å². The van der Waals surface area contributed by atoms with Gasteiger partial charge in [-0.3, -0.25) is 20.4 Å². The molecular formula is C32H58N4O4. The SMILES string of the molecule is CCCCCCCCCCCCOc1cc(C(=O)NN)c(OCCCCCCCCCCCC)cc1C(=O)NN. The highest BCUT2D eigenvalue weighted by molar-refractivity contribution is 6.02. The number of hydrazine groups is 2. The van der Waals surface area contributed by atoms with Gasteiger partial charge in [-0.15, -0.1) is 0 Å². The minimum Gasteiger partial charge on any atom is -0.493 e. The Morgan fingerprint density at radius 3 is 1.07 bits per heavy atom. The van der Waals surface area contributed by atoms with Gasteiger partial charge in [-0.1, -0.05) is 129 Å². The van der Waals surface area contributed by atoms with Crippen molar-refractivity contribution in [2.24, 2.45) is 11.7 Å². The van der Waals surface area contributed by atoms with Gasteiger partial charge in [0.05, 0.1) is 24.3 Å². The number of nitrogens with one attached hydrogen (secondary N) is 2. The molecule has 2 amide bonds. The summed E-state index contributed by atoms with van der Waals surface area (Å²) in [6, 6.07) is 3.05. The van der Waals surface area contributed by atoms with Gasteiger partial charge < -0.3 is 9.47 Å². The molecule has 1 aromatic carbocycles. The first-order valence-electron chi connectivity index (χ1n) is 16.0. The molecule has 0 spiro atoms. The van der Waals surface area contributed by atoms with Crippen LogP contribution in [-0.2, 0) is 0 Å². The van der Waals surface area contributed by atoms with Gasteiger partial charge in [0, 0.05) is 0 Å². The van der Waals surface area contributed by atoms with Crippen LogP contribution >= 0.6 is 0 Å². The number of nitrogen functional groups attached to an aromatic ring is 2. The van der Waals surface area contributed by atoms with Crippen molar-refractivity contribution in [2.45, 2.75) is 142 Å². The van der Waals surface area contributed by atoms with Gasteiger partial charge in [0.2, 0.25) is 0 Å². The van der Waals surface area contributed by atoms with Crippen molar-refractivity contribution in [3.05, 3.63) is 23.3 Å². The zero-order valence-corrected chi connectivity index (χ0v) is 25.5. The van der Waals surface area contributed by atoms with E-state index in [4.69, 9.17) is 21.2 Å². The standard InChI is InChI=1S/C32H58N4O4/c1-3-5-7-9-11-13-15-17-19-21-23-39-29-25-28(32(38)36-34)30(26-27(29)31(37)35-33)40-24-22-20-18-16-14-12-10-8-6-4-2/h25-26H,3-24,33-34H2,1-2H3,(H,35,37)(H,36,38). The van der Waals surface area contributed by atoms with Crippen molar-refractivity contribution >= 4 is 11.8 Å². The summed E-state index contributed by atoms with van der Waals surface area (Å²) < 4.78 is 11.9. The summed E-state index contributed by atoms with van der Waals surface area (Å²) in [6.07, 6.45) is 24.4. The number of hydrogen-bond acceptors (Lipinski definition) is 6. The second-order valence-corrected chi connectivity index (χ2v) is 10.9. The second kappa shape index (κ2) is 24.5. The van der Waals surface area contributed by atoms with Crippen LogP contribution < -0.4 is 32.0 Å². The number of benzene rings is 1. The summed E-state index contributed by atoms with van der Waals surface area (Å²) in [7, 11) is 0. The Morgan fingerprint density at radius 1 is 0.525 bits per heavy atom. The largest absolute Gasteiger partial charge is 0.493 e. The number of carbonyl (C=O) groups is 2. The Bertz CT molecular complexity index is 738. The maximum atomic E-state index is 12.5. The molecule has 40 heavy (non-hydrogen) atoms. The van der Waals surface area contributed by atoms with Crippen molar-refractivity contribution in [3.63, 3.8) is 0 Å². The first-order valence-corrected chi connectivity index (χ1v) is 16.0. The lowest BCUT2D eigenvalue weighted by molar-refractivity contribution is 0.0934. The van der Waals surface area contributed by atoms with Crippen LogP contribution in [0.1, 0.15) is 163 Å². The van der Waals surface area contributed by atoms with E-state index in [0.717, 1.165) is 25.7 Å². The maximum absolute atomic E-state index is 12.5. The van der Waals surface area contributed by atoms with Crippen molar-refractivity contribution in [2.75, 3.05) is 13.2 Å². The van der Waals surface area contributed by atoms with Crippen LogP contribution in [0.2, 0.25) is 0 Å². The van der Waals surface area contributed by atoms with Gasteiger partial charge in [-0.2, -0.15) is 0 Å². The summed E-state index contributed by atoms with van der Waals surface area (Å²) in [6.45, 7) is 5.38. The predicted molar refractivity (Wildman–Crippen MR) is 164 cm³/mol. The van der Waals surface area contributed by atoms with E-state index in [1.165, 1.54) is 115 Å². The fraction of sp³-hybridized carbons (Fsp3) is 0.750. The Labute approximate surface area is 243 Å². The minimum atomic E-state index is -0.499. The first-order chi connectivity index (χ1) is 19.6. The zero-order chi connectivity index (χ0) is 29.3. The van der Waals surface area contributed by atoms with Crippen LogP contribution in [0, 0.1) is 0 Å². The summed E-state index contributed by atoms with van der Waals surface area (Å²) in [5.74, 6) is 10.4. The number of ether oxygens (including phenoxy) is 2. The fourth-order valence-corrected chi connectivity index (χ4v) is 4.85. The normalized spacial score (nSPS) is 10.9. The number of amides is 2. The smallest absolute Gasteiger partial charge is 0.269 e. The van der Waals surface area contributed by atoms with E-state index in [0.29, 0.717) is 24.7 Å². The Kier molecular flexibility index (Phi) is 21.8. The highest BCUT2D eigenvalue weighted by Gasteiger charge is 2.21. The number of rotatable bonds is 26. The molecule has 0 aliphatic rings. The maximum Gasteiger partial charge on any atom is 0.269 e. The molecule has 0 saturated heterocycles. The van der Waals surface area contributed by atoms with Crippen LogP contribution in [0.4, 0.5) is 0 Å². The van der Waals surface area contributed by atoms with E-state index >= 15 is 0 Å². The third kappa shape index (κ3) is 16.1. The van der Waals surface area contributed by atoms with Crippen molar-refractivity contribution in [3.8, 4) is 11.5 Å². The zero-order valence-electron chi connectivity index (χ0n) is 25.5. The Hall–Kier alpha value is -2.32. The molecule has 0 bridgehead atoms. The first kappa shape index (κ1) is 35.7. The molecule has 0 aliphatic heterocycles. The van der Waals surface area contributed by atoms with Crippen LogP contribution in [0.5, 0.6) is 11.5 Å². The Balaban J connectivity index is 2.54. The van der Waals surface area contributed by atoms with Crippen molar-refractivity contribution < 1.29 is 19.1 Å². The molecule has 1 aromatic rings. The summed E-state index contributed by atoms with van der Waals surface area (Å²) in [4.78, 5) is 25.0. The molecule has 8 nitrogen and oxygen atoms in total. The molecule has 0 atom stereocenters. The number of carbonyl (C=O) groups excluding carboxylic acids is 2. The average Bonchev–Trinajstić information content (AvgIpc) is 2.97. The van der Waals surface area contributed by atoms with E-state index in [2.05, 4.69) is 24.7 Å². The second-order valence-electron chi connectivity index (χ2n) is 10.9. The molecule has 0 saturated carbocycles. The number of nitrogens with two attached hydrogens (primary N) is 2. The molecular weight excluding hydrogens is 504 g/mol. The molecule has 0 aliphatic carbocycles. The predicted octanol–water partition coefficient (Wildman–Crippen LogP) is 7.49. The summed E-state index contributed by atoms with van der Waals surface area (Å²) >= 11 is 0. The number of unbranched alkanes of at least 4 members (excludes halogenated alkanes) is 18. The van der Waals surface area contributed by atoms with Gasteiger partial charge in [-0.25, -0.2) is 11.7 Å². The van der Waals surface area contributed by atoms with Crippen LogP contribution in [0.15, 0.2) is 12.1 Å². The molecule has 0 heterocycles. The lowest BCUT2D eigenvalue weighted by Crippen LogP contribution is -2.32. The third-order valence-corrected chi connectivity index (χ3v) is 7.34. The van der Waals surface area contributed by atoms with Gasteiger partial charge in [0.25, 0.3) is 11.8 Å². The molecule has 1 rings (SSSR count). The molecule has 230 valence electrons. The van der Waals surface area contributed by atoms with Crippen LogP contribution in [-0.4, -0.2) is 25.0 Å². The quantitative estimate of drug-likeness (QED) is 0.0401. The lowest BCUT2D eigenvalue weighted by Gasteiger charge is -2.16. The molecule has 8 heteroatoms.